The molecular formula is C19H34IN5S. The summed E-state index contributed by atoms with van der Waals surface area (Å²) in [7, 11) is 2.24. The van der Waals surface area contributed by atoms with Crippen molar-refractivity contribution in [1.82, 2.24) is 15.1 Å². The molecule has 3 unspecified atom stereocenters. The van der Waals surface area contributed by atoms with Gasteiger partial charge in [-0.1, -0.05) is 13.0 Å². The summed E-state index contributed by atoms with van der Waals surface area (Å²) >= 11 is 1.86. The number of piperidine rings is 1. The van der Waals surface area contributed by atoms with Crippen molar-refractivity contribution < 1.29 is 0 Å². The molecule has 1 aromatic heterocycles. The number of hydrogen-bond donors (Lipinski definition) is 2. The van der Waals surface area contributed by atoms with E-state index in [4.69, 9.17) is 10.7 Å². The minimum atomic E-state index is 0. The molecule has 0 spiro atoms. The summed E-state index contributed by atoms with van der Waals surface area (Å²) < 4.78 is 0. The maximum atomic E-state index is 6.16. The van der Waals surface area contributed by atoms with Gasteiger partial charge < -0.3 is 11.1 Å². The lowest BCUT2D eigenvalue weighted by molar-refractivity contribution is 0.128. The predicted octanol–water partition coefficient (Wildman–Crippen LogP) is 3.14. The molecule has 7 heteroatoms. The third kappa shape index (κ3) is 5.56. The molecule has 2 saturated heterocycles. The Morgan fingerprint density at radius 1 is 1.35 bits per heavy atom. The second kappa shape index (κ2) is 10.8. The largest absolute Gasteiger partial charge is 0.370 e. The number of guanidine groups is 1. The molecule has 0 saturated carbocycles. The zero-order valence-corrected chi connectivity index (χ0v) is 19.2. The molecule has 2 fully saturated rings. The molecule has 0 aromatic carbocycles. The van der Waals surface area contributed by atoms with E-state index in [9.17, 15) is 0 Å². The number of nitrogens with zero attached hydrogens (tertiary/aromatic N) is 3. The Hall–Kier alpha value is -0.380. The Bertz CT molecular complexity index is 550. The Labute approximate surface area is 179 Å². The van der Waals surface area contributed by atoms with Crippen LogP contribution < -0.4 is 11.1 Å². The van der Waals surface area contributed by atoms with Crippen LogP contribution in [0.15, 0.2) is 22.5 Å². The number of thiophene rings is 1. The average molecular weight is 491 g/mol. The van der Waals surface area contributed by atoms with Crippen LogP contribution in [0.4, 0.5) is 0 Å². The van der Waals surface area contributed by atoms with E-state index in [2.05, 4.69) is 46.6 Å². The lowest BCUT2D eigenvalue weighted by Gasteiger charge is -2.38. The first-order chi connectivity index (χ1) is 12.2. The van der Waals surface area contributed by atoms with Gasteiger partial charge in [0.15, 0.2) is 5.96 Å². The van der Waals surface area contributed by atoms with E-state index in [1.54, 1.807) is 0 Å². The molecule has 3 atom stereocenters. The van der Waals surface area contributed by atoms with Crippen molar-refractivity contribution in [3.8, 4) is 0 Å². The molecule has 1 aromatic rings. The van der Waals surface area contributed by atoms with E-state index in [1.807, 2.05) is 11.3 Å². The second-order valence-electron chi connectivity index (χ2n) is 7.37. The maximum Gasteiger partial charge on any atom is 0.188 e. The van der Waals surface area contributed by atoms with Crippen molar-refractivity contribution in [3.63, 3.8) is 0 Å². The molecule has 2 aliphatic heterocycles. The number of likely N-dealkylation sites (tertiary alicyclic amines) is 2. The molecule has 5 nitrogen and oxygen atoms in total. The van der Waals surface area contributed by atoms with Crippen LogP contribution in [0.5, 0.6) is 0 Å². The maximum absolute atomic E-state index is 6.16. The molecule has 0 amide bonds. The fourth-order valence-electron chi connectivity index (χ4n) is 4.40. The van der Waals surface area contributed by atoms with Gasteiger partial charge in [0.05, 0.1) is 0 Å². The molecule has 2 aliphatic rings. The Kier molecular flexibility index (Phi) is 9.12. The van der Waals surface area contributed by atoms with E-state index in [0.717, 1.165) is 19.6 Å². The van der Waals surface area contributed by atoms with E-state index in [-0.39, 0.29) is 24.0 Å². The molecule has 0 aliphatic carbocycles. The van der Waals surface area contributed by atoms with Crippen molar-refractivity contribution in [2.75, 3.05) is 39.8 Å². The van der Waals surface area contributed by atoms with Crippen molar-refractivity contribution in [3.05, 3.63) is 22.4 Å². The van der Waals surface area contributed by atoms with Crippen LogP contribution in [-0.2, 0) is 0 Å². The summed E-state index contributed by atoms with van der Waals surface area (Å²) in [5.41, 5.74) is 6.16. The number of aliphatic imine (C=N–C) groups is 1. The standard InChI is InChI=1S/C19H33N5S.HI/c1-3-24-11-5-8-16(24)14-22-19(20)21-13-15-7-4-10-23(2)18(15)17-9-6-12-25-17;/h6,9,12,15-16,18H,3-5,7-8,10-11,13-14H2,1-2H3,(H3,20,21,22);1H. The zero-order valence-electron chi connectivity index (χ0n) is 16.1. The van der Waals surface area contributed by atoms with Gasteiger partial charge in [0, 0.05) is 30.1 Å². The molecule has 148 valence electrons. The first-order valence-corrected chi connectivity index (χ1v) is 10.6. The summed E-state index contributed by atoms with van der Waals surface area (Å²) in [4.78, 5) is 11.2. The van der Waals surface area contributed by atoms with Gasteiger partial charge in [-0.15, -0.1) is 35.3 Å². The normalized spacial score (nSPS) is 28.1. The van der Waals surface area contributed by atoms with E-state index in [0.29, 0.717) is 24.0 Å². The summed E-state index contributed by atoms with van der Waals surface area (Å²) in [6.07, 6.45) is 5.05. The first kappa shape index (κ1) is 21.9. The van der Waals surface area contributed by atoms with Crippen molar-refractivity contribution >= 4 is 41.3 Å². The summed E-state index contributed by atoms with van der Waals surface area (Å²) in [5, 5.41) is 5.54. The topological polar surface area (TPSA) is 56.9 Å². The highest BCUT2D eigenvalue weighted by atomic mass is 127. The minimum absolute atomic E-state index is 0. The number of hydrogen-bond acceptors (Lipinski definition) is 4. The fourth-order valence-corrected chi connectivity index (χ4v) is 5.38. The lowest BCUT2D eigenvalue weighted by atomic mass is 9.88. The highest BCUT2D eigenvalue weighted by Gasteiger charge is 2.31. The Morgan fingerprint density at radius 3 is 2.88 bits per heavy atom. The highest BCUT2D eigenvalue weighted by Crippen LogP contribution is 2.37. The quantitative estimate of drug-likeness (QED) is 0.365. The molecule has 3 rings (SSSR count). The Balaban J connectivity index is 0.00000243. The summed E-state index contributed by atoms with van der Waals surface area (Å²) in [6.45, 7) is 7.48. The van der Waals surface area contributed by atoms with Gasteiger partial charge in [0.1, 0.15) is 0 Å². The van der Waals surface area contributed by atoms with E-state index in [1.165, 1.54) is 43.6 Å². The smallest absolute Gasteiger partial charge is 0.188 e. The minimum Gasteiger partial charge on any atom is -0.370 e. The SMILES string of the molecule is CCN1CCCC1CNC(N)=NCC1CCCN(C)C1c1cccs1.I. The van der Waals surface area contributed by atoms with Crippen LogP contribution >= 0.6 is 35.3 Å². The van der Waals surface area contributed by atoms with Gasteiger partial charge in [-0.3, -0.25) is 14.8 Å². The van der Waals surface area contributed by atoms with Crippen LogP contribution in [-0.4, -0.2) is 61.6 Å². The number of nitrogens with one attached hydrogen (secondary N) is 1. The third-order valence-electron chi connectivity index (χ3n) is 5.76. The van der Waals surface area contributed by atoms with Crippen molar-refractivity contribution in [2.24, 2.45) is 16.6 Å². The van der Waals surface area contributed by atoms with Crippen molar-refractivity contribution in [1.29, 1.82) is 0 Å². The summed E-state index contributed by atoms with van der Waals surface area (Å²) in [5.74, 6) is 1.16. The second-order valence-corrected chi connectivity index (χ2v) is 8.35. The monoisotopic (exact) mass is 491 g/mol. The number of halogens is 1. The Morgan fingerprint density at radius 2 is 2.15 bits per heavy atom. The van der Waals surface area contributed by atoms with Crippen LogP contribution in [0.25, 0.3) is 0 Å². The molecule has 3 heterocycles. The summed E-state index contributed by atoms with van der Waals surface area (Å²) in [6, 6.07) is 5.50. The van der Waals surface area contributed by atoms with Gasteiger partial charge >= 0.3 is 0 Å². The van der Waals surface area contributed by atoms with Crippen LogP contribution in [0.1, 0.15) is 43.5 Å². The third-order valence-corrected chi connectivity index (χ3v) is 6.70. The van der Waals surface area contributed by atoms with Crippen molar-refractivity contribution in [2.45, 2.75) is 44.7 Å². The molecule has 26 heavy (non-hydrogen) atoms. The number of nitrogens with two attached hydrogens (primary N) is 1. The molecule has 0 radical (unpaired) electrons. The molecular weight excluding hydrogens is 457 g/mol. The first-order valence-electron chi connectivity index (χ1n) is 9.70. The van der Waals surface area contributed by atoms with Gasteiger partial charge in [-0.25, -0.2) is 0 Å². The van der Waals surface area contributed by atoms with Gasteiger partial charge in [0.25, 0.3) is 0 Å². The fraction of sp³-hybridized carbons (Fsp3) is 0.737. The van der Waals surface area contributed by atoms with E-state index < -0.39 is 0 Å². The molecule has 3 N–H and O–H groups in total. The zero-order chi connectivity index (χ0) is 17.6. The van der Waals surface area contributed by atoms with Gasteiger partial charge in [-0.2, -0.15) is 0 Å². The van der Waals surface area contributed by atoms with Gasteiger partial charge in [-0.05, 0) is 69.7 Å². The lowest BCUT2D eigenvalue weighted by Crippen LogP contribution is -2.43. The number of rotatable bonds is 6. The van der Waals surface area contributed by atoms with Crippen LogP contribution in [0.3, 0.4) is 0 Å². The molecule has 0 bridgehead atoms. The highest BCUT2D eigenvalue weighted by molar-refractivity contribution is 14.0. The van der Waals surface area contributed by atoms with E-state index >= 15 is 0 Å². The predicted molar refractivity (Wildman–Crippen MR) is 123 cm³/mol. The number of likely N-dealkylation sites (N-methyl/N-ethyl adjacent to an activating group) is 1. The van der Waals surface area contributed by atoms with Crippen LogP contribution in [0.2, 0.25) is 0 Å². The average Bonchev–Trinajstić information content (AvgIpc) is 3.29. The van der Waals surface area contributed by atoms with Crippen LogP contribution in [0, 0.1) is 5.92 Å². The van der Waals surface area contributed by atoms with Gasteiger partial charge in [0.2, 0.25) is 0 Å².